The maximum atomic E-state index is 12.7. The zero-order valence-corrected chi connectivity index (χ0v) is 17.3. The van der Waals surface area contributed by atoms with E-state index in [1.165, 1.54) is 4.68 Å². The highest BCUT2D eigenvalue weighted by atomic mass is 35.5. The Morgan fingerprint density at radius 2 is 1.87 bits per heavy atom. The molecule has 0 aliphatic heterocycles. The van der Waals surface area contributed by atoms with Gasteiger partial charge < -0.3 is 10.1 Å². The third-order valence-corrected chi connectivity index (χ3v) is 4.71. The predicted octanol–water partition coefficient (Wildman–Crippen LogP) is 4.04. The molecule has 0 unspecified atom stereocenters. The maximum Gasteiger partial charge on any atom is 0.359 e. The first kappa shape index (κ1) is 21.5. The summed E-state index contributed by atoms with van der Waals surface area (Å²) in [6, 6.07) is 13.4. The summed E-state index contributed by atoms with van der Waals surface area (Å²) in [6.45, 7) is 1.98. The molecule has 0 aliphatic carbocycles. The highest BCUT2D eigenvalue weighted by Gasteiger charge is 2.19. The second kappa shape index (κ2) is 10.0. The Balaban J connectivity index is 1.77. The molecule has 30 heavy (non-hydrogen) atoms. The molecule has 0 atom stereocenters. The van der Waals surface area contributed by atoms with Crippen molar-refractivity contribution in [2.24, 2.45) is 0 Å². The highest BCUT2D eigenvalue weighted by Crippen LogP contribution is 2.16. The molecule has 156 valence electrons. The van der Waals surface area contributed by atoms with Crippen molar-refractivity contribution < 1.29 is 14.3 Å². The van der Waals surface area contributed by atoms with Gasteiger partial charge in [-0.1, -0.05) is 55.6 Å². The second-order valence-electron chi connectivity index (χ2n) is 6.76. The lowest BCUT2D eigenvalue weighted by Crippen LogP contribution is -2.28. The lowest BCUT2D eigenvalue weighted by Gasteiger charge is -2.11. The van der Waals surface area contributed by atoms with E-state index < -0.39 is 18.5 Å². The standard InChI is InChI=1S/C22H22ClN3O4/c1-2-3-6-12-26-21(28)18-11-5-4-10-17(18)20(25-26)22(29)30-14-19(27)24-16-9-7-8-15(23)13-16/h4-5,7-11,13H,2-3,6,12,14H2,1H3,(H,24,27). The largest absolute Gasteiger partial charge is 0.451 e. The van der Waals surface area contributed by atoms with Gasteiger partial charge in [-0.3, -0.25) is 9.59 Å². The van der Waals surface area contributed by atoms with E-state index in [1.54, 1.807) is 48.5 Å². The Labute approximate surface area is 178 Å². The number of benzene rings is 2. The van der Waals surface area contributed by atoms with Gasteiger partial charge in [-0.2, -0.15) is 5.10 Å². The Morgan fingerprint density at radius 1 is 1.10 bits per heavy atom. The van der Waals surface area contributed by atoms with Crippen LogP contribution in [0.15, 0.2) is 53.3 Å². The fourth-order valence-electron chi connectivity index (χ4n) is 3.01. The third kappa shape index (κ3) is 5.24. The average molecular weight is 428 g/mol. The van der Waals surface area contributed by atoms with Crippen molar-refractivity contribution >= 4 is 39.9 Å². The average Bonchev–Trinajstić information content (AvgIpc) is 2.74. The first-order valence-electron chi connectivity index (χ1n) is 9.72. The predicted molar refractivity (Wildman–Crippen MR) is 116 cm³/mol. The van der Waals surface area contributed by atoms with Gasteiger partial charge in [0.25, 0.3) is 11.5 Å². The van der Waals surface area contributed by atoms with Gasteiger partial charge >= 0.3 is 5.97 Å². The van der Waals surface area contributed by atoms with E-state index in [-0.39, 0.29) is 11.3 Å². The topological polar surface area (TPSA) is 90.3 Å². The van der Waals surface area contributed by atoms with Crippen LogP contribution in [0.1, 0.15) is 36.7 Å². The highest BCUT2D eigenvalue weighted by molar-refractivity contribution is 6.30. The van der Waals surface area contributed by atoms with Crippen molar-refractivity contribution in [2.75, 3.05) is 11.9 Å². The van der Waals surface area contributed by atoms with Gasteiger partial charge in [0.05, 0.1) is 5.39 Å². The van der Waals surface area contributed by atoms with E-state index in [2.05, 4.69) is 17.3 Å². The van der Waals surface area contributed by atoms with Crippen LogP contribution in [-0.2, 0) is 16.1 Å². The molecular weight excluding hydrogens is 406 g/mol. The molecule has 0 aliphatic rings. The Morgan fingerprint density at radius 3 is 2.60 bits per heavy atom. The van der Waals surface area contributed by atoms with Gasteiger partial charge in [0.2, 0.25) is 0 Å². The SMILES string of the molecule is CCCCCn1nc(C(=O)OCC(=O)Nc2cccc(Cl)c2)c2ccccc2c1=O. The molecule has 1 aromatic heterocycles. The number of hydrogen-bond donors (Lipinski definition) is 1. The number of nitrogens with one attached hydrogen (secondary N) is 1. The van der Waals surface area contributed by atoms with Crippen molar-refractivity contribution in [1.29, 1.82) is 0 Å². The number of ether oxygens (including phenoxy) is 1. The van der Waals surface area contributed by atoms with Crippen LogP contribution in [0.4, 0.5) is 5.69 Å². The minimum Gasteiger partial charge on any atom is -0.451 e. The summed E-state index contributed by atoms with van der Waals surface area (Å²) in [6.07, 6.45) is 2.72. The summed E-state index contributed by atoms with van der Waals surface area (Å²) < 4.78 is 6.45. The van der Waals surface area contributed by atoms with Crippen LogP contribution in [0, 0.1) is 0 Å². The number of aryl methyl sites for hydroxylation is 1. The molecular formula is C22H22ClN3O4. The maximum absolute atomic E-state index is 12.7. The van der Waals surface area contributed by atoms with Gasteiger partial charge in [-0.15, -0.1) is 0 Å². The van der Waals surface area contributed by atoms with E-state index in [1.807, 2.05) is 0 Å². The quantitative estimate of drug-likeness (QED) is 0.433. The van der Waals surface area contributed by atoms with E-state index in [9.17, 15) is 14.4 Å². The molecule has 3 aromatic rings. The summed E-state index contributed by atoms with van der Waals surface area (Å²) in [5.74, 6) is -1.28. The van der Waals surface area contributed by atoms with Gasteiger partial charge in [0.15, 0.2) is 12.3 Å². The van der Waals surface area contributed by atoms with Crippen LogP contribution in [0.3, 0.4) is 0 Å². The molecule has 1 amide bonds. The molecule has 0 bridgehead atoms. The molecule has 8 heteroatoms. The Bertz CT molecular complexity index is 1130. The zero-order chi connectivity index (χ0) is 21.5. The number of amides is 1. The van der Waals surface area contributed by atoms with Crippen LogP contribution in [-0.4, -0.2) is 28.3 Å². The van der Waals surface area contributed by atoms with Crippen molar-refractivity contribution in [1.82, 2.24) is 9.78 Å². The molecule has 1 N–H and O–H groups in total. The number of carbonyl (C=O) groups excluding carboxylic acids is 2. The number of nitrogens with zero attached hydrogens (tertiary/aromatic N) is 2. The monoisotopic (exact) mass is 427 g/mol. The second-order valence-corrected chi connectivity index (χ2v) is 7.20. The number of anilines is 1. The van der Waals surface area contributed by atoms with Gasteiger partial charge in [-0.05, 0) is 30.7 Å². The van der Waals surface area contributed by atoms with Crippen molar-refractivity contribution in [3.8, 4) is 0 Å². The van der Waals surface area contributed by atoms with E-state index in [0.717, 1.165) is 19.3 Å². The van der Waals surface area contributed by atoms with Gasteiger partial charge in [0, 0.05) is 22.6 Å². The number of fused-ring (bicyclic) bond motifs is 1. The molecule has 0 spiro atoms. The van der Waals surface area contributed by atoms with Crippen LogP contribution < -0.4 is 10.9 Å². The molecule has 1 heterocycles. The van der Waals surface area contributed by atoms with Crippen LogP contribution >= 0.6 is 11.6 Å². The van der Waals surface area contributed by atoms with Gasteiger partial charge in [0.1, 0.15) is 0 Å². The fourth-order valence-corrected chi connectivity index (χ4v) is 3.20. The number of aromatic nitrogens is 2. The molecule has 0 saturated carbocycles. The fraction of sp³-hybridized carbons (Fsp3) is 0.273. The smallest absolute Gasteiger partial charge is 0.359 e. The normalized spacial score (nSPS) is 10.7. The summed E-state index contributed by atoms with van der Waals surface area (Å²) in [5.41, 5.74) is 0.255. The van der Waals surface area contributed by atoms with Gasteiger partial charge in [-0.25, -0.2) is 9.48 Å². The molecule has 2 aromatic carbocycles. The first-order valence-corrected chi connectivity index (χ1v) is 10.1. The minimum absolute atomic E-state index is 0.0113. The number of rotatable bonds is 8. The van der Waals surface area contributed by atoms with E-state index >= 15 is 0 Å². The lowest BCUT2D eigenvalue weighted by molar-refractivity contribution is -0.119. The summed E-state index contributed by atoms with van der Waals surface area (Å²) in [7, 11) is 0. The summed E-state index contributed by atoms with van der Waals surface area (Å²) >= 11 is 5.89. The molecule has 0 radical (unpaired) electrons. The van der Waals surface area contributed by atoms with Crippen molar-refractivity contribution in [3.05, 3.63) is 69.6 Å². The van der Waals surface area contributed by atoms with E-state index in [4.69, 9.17) is 16.3 Å². The molecule has 0 fully saturated rings. The Hall–Kier alpha value is -3.19. The summed E-state index contributed by atoms with van der Waals surface area (Å²) in [4.78, 5) is 37.4. The number of halogens is 1. The first-order chi connectivity index (χ1) is 14.5. The lowest BCUT2D eigenvalue weighted by atomic mass is 10.1. The minimum atomic E-state index is -0.767. The summed E-state index contributed by atoms with van der Waals surface area (Å²) in [5, 5.41) is 8.10. The van der Waals surface area contributed by atoms with Crippen LogP contribution in [0.2, 0.25) is 5.02 Å². The Kier molecular flexibility index (Phi) is 7.19. The van der Waals surface area contributed by atoms with Crippen molar-refractivity contribution in [3.63, 3.8) is 0 Å². The number of unbranched alkanes of at least 4 members (excludes halogenated alkanes) is 2. The zero-order valence-electron chi connectivity index (χ0n) is 16.6. The molecule has 0 saturated heterocycles. The molecule has 7 nitrogen and oxygen atoms in total. The molecule has 3 rings (SSSR count). The third-order valence-electron chi connectivity index (χ3n) is 4.48. The van der Waals surface area contributed by atoms with Crippen LogP contribution in [0.5, 0.6) is 0 Å². The van der Waals surface area contributed by atoms with E-state index in [0.29, 0.717) is 28.0 Å². The number of esters is 1. The number of hydrogen-bond acceptors (Lipinski definition) is 5. The van der Waals surface area contributed by atoms with Crippen molar-refractivity contribution in [2.45, 2.75) is 32.7 Å². The number of carbonyl (C=O) groups is 2. The van der Waals surface area contributed by atoms with Crippen LogP contribution in [0.25, 0.3) is 10.8 Å².